The van der Waals surface area contributed by atoms with E-state index < -0.39 is 10.0 Å². The minimum atomic E-state index is -3.57. The van der Waals surface area contributed by atoms with Crippen molar-refractivity contribution in [3.05, 3.63) is 46.3 Å². The van der Waals surface area contributed by atoms with Crippen LogP contribution in [0, 0.1) is 0 Å². The zero-order valence-corrected chi connectivity index (χ0v) is 13.6. The van der Waals surface area contributed by atoms with Crippen LogP contribution < -0.4 is 4.72 Å². The number of rotatable bonds is 6. The van der Waals surface area contributed by atoms with Gasteiger partial charge in [-0.25, -0.2) is 8.42 Å². The molecular formula is C13H13Cl2NO2S2. The summed E-state index contributed by atoms with van der Waals surface area (Å²) in [6.45, 7) is 0. The van der Waals surface area contributed by atoms with Gasteiger partial charge in [0.25, 0.3) is 10.0 Å². The fraction of sp³-hybridized carbons (Fsp3) is 0.231. The van der Waals surface area contributed by atoms with Crippen LogP contribution >= 0.6 is 34.5 Å². The summed E-state index contributed by atoms with van der Waals surface area (Å²) in [6.07, 6.45) is 1.68. The number of benzene rings is 1. The first-order chi connectivity index (χ1) is 9.51. The SMILES string of the molecule is O=S(=O)(Nc1cccc(CCCCl)c1)c1ccc(Cl)s1. The first-order valence-corrected chi connectivity index (χ1v) is 9.15. The van der Waals surface area contributed by atoms with E-state index in [1.165, 1.54) is 6.07 Å². The number of thiophene rings is 1. The number of hydrogen-bond acceptors (Lipinski definition) is 3. The van der Waals surface area contributed by atoms with Crippen molar-refractivity contribution in [1.82, 2.24) is 0 Å². The minimum absolute atomic E-state index is 0.202. The Morgan fingerprint density at radius 1 is 1.20 bits per heavy atom. The third-order valence-electron chi connectivity index (χ3n) is 2.59. The molecular weight excluding hydrogens is 337 g/mol. The molecule has 7 heteroatoms. The second kappa shape index (κ2) is 6.80. The van der Waals surface area contributed by atoms with E-state index in [0.29, 0.717) is 15.9 Å². The van der Waals surface area contributed by atoms with Gasteiger partial charge in [-0.15, -0.1) is 22.9 Å². The van der Waals surface area contributed by atoms with Gasteiger partial charge in [-0.3, -0.25) is 4.72 Å². The summed E-state index contributed by atoms with van der Waals surface area (Å²) < 4.78 is 27.5. The van der Waals surface area contributed by atoms with Crippen LogP contribution in [0.2, 0.25) is 4.34 Å². The van der Waals surface area contributed by atoms with Crippen LogP contribution in [0.1, 0.15) is 12.0 Å². The number of anilines is 1. The van der Waals surface area contributed by atoms with Gasteiger partial charge in [-0.05, 0) is 42.7 Å². The summed E-state index contributed by atoms with van der Waals surface area (Å²) in [4.78, 5) is 0. The minimum Gasteiger partial charge on any atom is -0.279 e. The Kier molecular flexibility index (Phi) is 5.32. The molecule has 1 aromatic heterocycles. The molecule has 108 valence electrons. The van der Waals surface area contributed by atoms with Crippen LogP contribution in [0.25, 0.3) is 0 Å². The average Bonchev–Trinajstić information content (AvgIpc) is 2.84. The van der Waals surface area contributed by atoms with Gasteiger partial charge in [0.2, 0.25) is 0 Å². The Morgan fingerprint density at radius 2 is 2.00 bits per heavy atom. The van der Waals surface area contributed by atoms with E-state index in [1.54, 1.807) is 12.1 Å². The Bertz CT molecular complexity index is 683. The molecule has 0 aliphatic heterocycles. The first-order valence-electron chi connectivity index (χ1n) is 5.94. The molecule has 2 aromatic rings. The molecule has 1 heterocycles. The number of aryl methyl sites for hydroxylation is 1. The maximum atomic E-state index is 12.2. The molecule has 1 N–H and O–H groups in total. The lowest BCUT2D eigenvalue weighted by Gasteiger charge is -2.08. The van der Waals surface area contributed by atoms with Crippen molar-refractivity contribution in [3.8, 4) is 0 Å². The molecule has 0 radical (unpaired) electrons. The number of hydrogen-bond donors (Lipinski definition) is 1. The molecule has 0 amide bonds. The van der Waals surface area contributed by atoms with Crippen LogP contribution in [-0.2, 0) is 16.4 Å². The largest absolute Gasteiger partial charge is 0.279 e. The topological polar surface area (TPSA) is 46.2 Å². The standard InChI is InChI=1S/C13H13Cl2NO2S2/c14-8-2-4-10-3-1-5-11(9-10)16-20(17,18)13-7-6-12(15)19-13/h1,3,5-7,9,16H,2,4,8H2. The van der Waals surface area contributed by atoms with Crippen LogP contribution in [-0.4, -0.2) is 14.3 Å². The molecule has 0 bridgehead atoms. The van der Waals surface area contributed by atoms with Crippen molar-refractivity contribution in [2.45, 2.75) is 17.1 Å². The highest BCUT2D eigenvalue weighted by Crippen LogP contribution is 2.27. The van der Waals surface area contributed by atoms with Crippen LogP contribution in [0.15, 0.2) is 40.6 Å². The fourth-order valence-corrected chi connectivity index (χ4v) is 4.37. The molecule has 0 fully saturated rings. The molecule has 0 atom stereocenters. The van der Waals surface area contributed by atoms with Crippen molar-refractivity contribution in [1.29, 1.82) is 0 Å². The highest BCUT2D eigenvalue weighted by atomic mass is 35.5. The smallest absolute Gasteiger partial charge is 0.271 e. The number of alkyl halides is 1. The van der Waals surface area contributed by atoms with Gasteiger partial charge in [0.15, 0.2) is 0 Å². The van der Waals surface area contributed by atoms with Crippen molar-refractivity contribution >= 4 is 50.2 Å². The molecule has 0 spiro atoms. The Hall–Kier alpha value is -0.750. The number of halogens is 2. The third kappa shape index (κ3) is 4.12. The lowest BCUT2D eigenvalue weighted by atomic mass is 10.1. The van der Waals surface area contributed by atoms with E-state index in [4.69, 9.17) is 23.2 Å². The fourth-order valence-electron chi connectivity index (χ4n) is 1.71. The summed E-state index contributed by atoms with van der Waals surface area (Å²) in [5.41, 5.74) is 1.59. The average molecular weight is 350 g/mol. The quantitative estimate of drug-likeness (QED) is 0.786. The summed E-state index contributed by atoms with van der Waals surface area (Å²) in [5, 5.41) is 0. The summed E-state index contributed by atoms with van der Waals surface area (Å²) in [6, 6.07) is 10.4. The van der Waals surface area contributed by atoms with Gasteiger partial charge in [0.05, 0.1) is 4.34 Å². The monoisotopic (exact) mass is 349 g/mol. The van der Waals surface area contributed by atoms with Crippen LogP contribution in [0.5, 0.6) is 0 Å². The lowest BCUT2D eigenvalue weighted by molar-refractivity contribution is 0.603. The van der Waals surface area contributed by atoms with Gasteiger partial charge in [0, 0.05) is 11.6 Å². The van der Waals surface area contributed by atoms with E-state index in [9.17, 15) is 8.42 Å². The maximum absolute atomic E-state index is 12.2. The van der Waals surface area contributed by atoms with Gasteiger partial charge < -0.3 is 0 Å². The van der Waals surface area contributed by atoms with Crippen LogP contribution in [0.3, 0.4) is 0 Å². The molecule has 0 saturated heterocycles. The van der Waals surface area contributed by atoms with Crippen molar-refractivity contribution < 1.29 is 8.42 Å². The second-order valence-electron chi connectivity index (χ2n) is 4.16. The van der Waals surface area contributed by atoms with E-state index in [-0.39, 0.29) is 4.21 Å². The molecule has 0 aliphatic rings. The molecule has 2 rings (SSSR count). The molecule has 0 aliphatic carbocycles. The number of nitrogens with one attached hydrogen (secondary N) is 1. The first kappa shape index (κ1) is 15.6. The third-order valence-corrected chi connectivity index (χ3v) is 5.96. The van der Waals surface area contributed by atoms with Gasteiger partial charge in [0.1, 0.15) is 4.21 Å². The summed E-state index contributed by atoms with van der Waals surface area (Å²) >= 11 is 12.5. The second-order valence-corrected chi connectivity index (χ2v) is 8.16. The molecule has 0 unspecified atom stereocenters. The van der Waals surface area contributed by atoms with Crippen LogP contribution in [0.4, 0.5) is 5.69 Å². The predicted octanol–water partition coefficient (Wildman–Crippen LogP) is 4.37. The highest BCUT2D eigenvalue weighted by molar-refractivity contribution is 7.94. The van der Waals surface area contributed by atoms with Gasteiger partial charge in [-0.1, -0.05) is 23.7 Å². The van der Waals surface area contributed by atoms with Crippen molar-refractivity contribution in [2.24, 2.45) is 0 Å². The van der Waals surface area contributed by atoms with E-state index in [1.807, 2.05) is 18.2 Å². The zero-order chi connectivity index (χ0) is 14.6. The predicted molar refractivity (Wildman–Crippen MR) is 85.6 cm³/mol. The molecule has 1 aromatic carbocycles. The zero-order valence-electron chi connectivity index (χ0n) is 10.5. The van der Waals surface area contributed by atoms with E-state index in [0.717, 1.165) is 29.7 Å². The Morgan fingerprint density at radius 3 is 2.65 bits per heavy atom. The van der Waals surface area contributed by atoms with Crippen molar-refractivity contribution in [2.75, 3.05) is 10.6 Å². The summed E-state index contributed by atoms with van der Waals surface area (Å²) in [5.74, 6) is 0.587. The van der Waals surface area contributed by atoms with E-state index in [2.05, 4.69) is 4.72 Å². The normalized spacial score (nSPS) is 11.5. The molecule has 0 saturated carbocycles. The Balaban J connectivity index is 2.17. The Labute approximate surface area is 132 Å². The number of sulfonamides is 1. The molecule has 20 heavy (non-hydrogen) atoms. The van der Waals surface area contributed by atoms with Crippen molar-refractivity contribution in [3.63, 3.8) is 0 Å². The van der Waals surface area contributed by atoms with Gasteiger partial charge >= 0.3 is 0 Å². The van der Waals surface area contributed by atoms with Gasteiger partial charge in [-0.2, -0.15) is 0 Å². The summed E-state index contributed by atoms with van der Waals surface area (Å²) in [7, 11) is -3.57. The maximum Gasteiger partial charge on any atom is 0.271 e. The highest BCUT2D eigenvalue weighted by Gasteiger charge is 2.16. The lowest BCUT2D eigenvalue weighted by Crippen LogP contribution is -2.11. The molecule has 3 nitrogen and oxygen atoms in total. The van der Waals surface area contributed by atoms with E-state index >= 15 is 0 Å².